The average Bonchev–Trinajstić information content (AvgIpc) is 2.75. The summed E-state index contributed by atoms with van der Waals surface area (Å²) in [5.74, 6) is -77.8. The van der Waals surface area contributed by atoms with Crippen LogP contribution in [0.15, 0.2) is 0 Å². The maximum absolute atomic E-state index is 14.7. The predicted molar refractivity (Wildman–Crippen MR) is 104 cm³/mol. The summed E-state index contributed by atoms with van der Waals surface area (Å²) in [7, 11) is -3.79. The van der Waals surface area contributed by atoms with Crippen molar-refractivity contribution in [3.8, 4) is 0 Å². The normalized spacial score (nSPS) is 16.5. The van der Waals surface area contributed by atoms with Crippen LogP contribution in [-0.4, -0.2) is 86.8 Å². The van der Waals surface area contributed by atoms with Gasteiger partial charge in [0, 0.05) is 12.2 Å². The molecule has 0 saturated heterocycles. The fourth-order valence-corrected chi connectivity index (χ4v) is 4.14. The van der Waals surface area contributed by atoms with Crippen LogP contribution in [0.1, 0.15) is 41.5 Å². The van der Waals surface area contributed by atoms with Gasteiger partial charge in [-0.3, -0.25) is 0 Å². The molecule has 3 nitrogen and oxygen atoms in total. The molecule has 0 aliphatic carbocycles. The highest BCUT2D eigenvalue weighted by Gasteiger charge is 2.98. The molecule has 0 heterocycles. The summed E-state index contributed by atoms with van der Waals surface area (Å²) in [5.41, 5.74) is -4.32. The second kappa shape index (κ2) is 11.7. The number of halogens is 21. The van der Waals surface area contributed by atoms with Crippen LogP contribution in [0.4, 0.5) is 92.2 Å². The van der Waals surface area contributed by atoms with E-state index in [9.17, 15) is 92.2 Å². The summed E-state index contributed by atoms with van der Waals surface area (Å²) in [4.78, 5) is 0. The van der Waals surface area contributed by atoms with Gasteiger partial charge in [0.25, 0.3) is 0 Å². The SMILES string of the molecule is CC(C)O[Si](OC(C)C)OC(C)(C)C(F)(F)C(F)(F)C(F)(F)C(F)(F)C(F)(F)C(F)(F)C(F)(F)C(F)(F)C(F)(F)C(F)(F)F. The van der Waals surface area contributed by atoms with Crippen molar-refractivity contribution in [1.82, 2.24) is 0 Å². The molecule has 0 saturated carbocycles. The van der Waals surface area contributed by atoms with Gasteiger partial charge in [-0.1, -0.05) is 0 Å². The molecule has 1 radical (unpaired) electrons. The van der Waals surface area contributed by atoms with Gasteiger partial charge in [0.1, 0.15) is 5.60 Å². The van der Waals surface area contributed by atoms with Gasteiger partial charge in [-0.15, -0.1) is 0 Å². The van der Waals surface area contributed by atoms with Gasteiger partial charge in [-0.2, -0.15) is 92.2 Å². The average molecular weight is 723 g/mol. The first kappa shape index (κ1) is 42.6. The Hall–Kier alpha value is -1.37. The van der Waals surface area contributed by atoms with E-state index in [1.165, 1.54) is 0 Å². The van der Waals surface area contributed by atoms with Crippen molar-refractivity contribution in [1.29, 1.82) is 0 Å². The molecule has 0 aliphatic rings. The molecular formula is C19H20F21O3Si. The topological polar surface area (TPSA) is 27.7 Å². The Balaban J connectivity index is 7.13. The van der Waals surface area contributed by atoms with Crippen molar-refractivity contribution in [3.63, 3.8) is 0 Å². The lowest BCUT2D eigenvalue weighted by Crippen LogP contribution is -2.78. The minimum Gasteiger partial charge on any atom is -0.369 e. The van der Waals surface area contributed by atoms with Crippen molar-refractivity contribution in [2.75, 3.05) is 0 Å². The first-order valence-corrected chi connectivity index (χ1v) is 12.3. The highest BCUT2D eigenvalue weighted by Crippen LogP contribution is 2.66. The minimum absolute atomic E-state index is 0.312. The van der Waals surface area contributed by atoms with Gasteiger partial charge >= 0.3 is 69.0 Å². The summed E-state index contributed by atoms with van der Waals surface area (Å²) in [6.45, 7) is 3.87. The molecule has 0 N–H and O–H groups in total. The molecule has 265 valence electrons. The molecule has 0 amide bonds. The van der Waals surface area contributed by atoms with Crippen molar-refractivity contribution < 1.29 is 105 Å². The quantitative estimate of drug-likeness (QED) is 0.125. The predicted octanol–water partition coefficient (Wildman–Crippen LogP) is 8.90. The zero-order valence-electron chi connectivity index (χ0n) is 22.3. The van der Waals surface area contributed by atoms with Crippen molar-refractivity contribution >= 4 is 9.53 Å². The summed E-state index contributed by atoms with van der Waals surface area (Å²) in [6.07, 6.45) is -10.2. The van der Waals surface area contributed by atoms with E-state index in [4.69, 9.17) is 8.85 Å². The van der Waals surface area contributed by atoms with E-state index in [2.05, 4.69) is 4.43 Å². The molecule has 0 rings (SSSR count). The Morgan fingerprint density at radius 3 is 0.773 bits per heavy atom. The van der Waals surface area contributed by atoms with Gasteiger partial charge in [0.15, 0.2) is 0 Å². The molecular weight excluding hydrogens is 703 g/mol. The van der Waals surface area contributed by atoms with E-state index in [-0.39, 0.29) is 13.8 Å². The van der Waals surface area contributed by atoms with E-state index in [1.54, 1.807) is 0 Å². The third-order valence-electron chi connectivity index (χ3n) is 5.27. The van der Waals surface area contributed by atoms with Crippen LogP contribution in [0.3, 0.4) is 0 Å². The highest BCUT2D eigenvalue weighted by molar-refractivity contribution is 6.36. The molecule has 0 spiro atoms. The number of rotatable bonds is 15. The van der Waals surface area contributed by atoms with Crippen LogP contribution < -0.4 is 0 Å². The van der Waals surface area contributed by atoms with Crippen LogP contribution in [0.2, 0.25) is 0 Å². The summed E-state index contributed by atoms with van der Waals surface area (Å²) < 4.78 is 300. The number of hydrogen-bond donors (Lipinski definition) is 0. The summed E-state index contributed by atoms with van der Waals surface area (Å²) >= 11 is 0. The smallest absolute Gasteiger partial charge is 0.369 e. The highest BCUT2D eigenvalue weighted by atomic mass is 28.3. The van der Waals surface area contributed by atoms with Crippen molar-refractivity contribution in [2.45, 2.75) is 119 Å². The van der Waals surface area contributed by atoms with E-state index in [0.717, 1.165) is 27.7 Å². The second-order valence-electron chi connectivity index (χ2n) is 9.86. The maximum atomic E-state index is 14.7. The van der Waals surface area contributed by atoms with Gasteiger partial charge < -0.3 is 13.3 Å². The Kier molecular flexibility index (Phi) is 11.3. The molecule has 0 aromatic rings. The number of hydrogen-bond acceptors (Lipinski definition) is 3. The zero-order chi connectivity index (χ0) is 36.4. The van der Waals surface area contributed by atoms with E-state index >= 15 is 0 Å². The van der Waals surface area contributed by atoms with Crippen LogP contribution in [-0.2, 0) is 13.3 Å². The largest absolute Gasteiger partial charge is 0.578 e. The molecule has 0 atom stereocenters. The first-order valence-electron chi connectivity index (χ1n) is 11.1. The van der Waals surface area contributed by atoms with Crippen LogP contribution in [0, 0.1) is 0 Å². The third kappa shape index (κ3) is 6.18. The van der Waals surface area contributed by atoms with Crippen molar-refractivity contribution in [3.05, 3.63) is 0 Å². The first-order chi connectivity index (χ1) is 18.7. The molecule has 25 heteroatoms. The van der Waals surface area contributed by atoms with Crippen LogP contribution in [0.5, 0.6) is 0 Å². The standard InChI is InChI=1S/C19H20F21O3Si/c1-7(2)41-44(42-8(3)4)43-9(5,6)10(20,21)11(22,23)12(24,25)13(26,27)14(28,29)15(30,31)16(32,33)17(34,35)18(36,37)19(38,39)40/h7-8H,1-6H3. The molecule has 0 aromatic carbocycles. The fraction of sp³-hybridized carbons (Fsp3) is 1.00. The summed E-state index contributed by atoms with van der Waals surface area (Å²) in [6, 6.07) is 0. The maximum Gasteiger partial charge on any atom is 0.578 e. The van der Waals surface area contributed by atoms with Crippen molar-refractivity contribution in [2.24, 2.45) is 0 Å². The Bertz CT molecular complexity index is 980. The second-order valence-corrected chi connectivity index (χ2v) is 11.0. The van der Waals surface area contributed by atoms with E-state index in [0.29, 0.717) is 0 Å². The van der Waals surface area contributed by atoms with E-state index in [1.807, 2.05) is 0 Å². The monoisotopic (exact) mass is 723 g/mol. The van der Waals surface area contributed by atoms with E-state index < -0.39 is 86.8 Å². The molecule has 0 unspecified atom stereocenters. The molecule has 0 aromatic heterocycles. The lowest BCUT2D eigenvalue weighted by molar-refractivity contribution is -0.476. The molecule has 0 aliphatic heterocycles. The third-order valence-corrected chi connectivity index (χ3v) is 7.27. The molecule has 0 bridgehead atoms. The Morgan fingerprint density at radius 2 is 0.568 bits per heavy atom. The fourth-order valence-electron chi connectivity index (χ4n) is 2.67. The minimum atomic E-state index is -9.23. The molecule has 0 fully saturated rings. The van der Waals surface area contributed by atoms with Crippen LogP contribution in [0.25, 0.3) is 0 Å². The molecule has 44 heavy (non-hydrogen) atoms. The lowest BCUT2D eigenvalue weighted by atomic mass is 9.83. The Labute approximate surface area is 234 Å². The number of alkyl halides is 21. The lowest BCUT2D eigenvalue weighted by Gasteiger charge is -2.46. The van der Waals surface area contributed by atoms with Gasteiger partial charge in [-0.25, -0.2) is 0 Å². The Morgan fingerprint density at radius 1 is 0.364 bits per heavy atom. The summed E-state index contributed by atoms with van der Waals surface area (Å²) in [5, 5.41) is 0. The zero-order valence-corrected chi connectivity index (χ0v) is 23.3. The van der Waals surface area contributed by atoms with Gasteiger partial charge in [-0.05, 0) is 41.5 Å². The van der Waals surface area contributed by atoms with Crippen LogP contribution >= 0.6 is 0 Å². The van der Waals surface area contributed by atoms with Gasteiger partial charge in [0.2, 0.25) is 0 Å². The van der Waals surface area contributed by atoms with Gasteiger partial charge in [0.05, 0.1) is 0 Å².